The zero-order chi connectivity index (χ0) is 16.3. The van der Waals surface area contributed by atoms with Gasteiger partial charge in [0.1, 0.15) is 0 Å². The van der Waals surface area contributed by atoms with Crippen molar-refractivity contribution in [3.8, 4) is 0 Å². The standard InChI is InChI=1S/C17H17BrN2O3/c18-14-7-6-13(23-14)16(22)19-10-15(21)20-11-17(8-9-17)12-4-2-1-3-5-12/h1-7H,8-11H2,(H,19,22)(H,20,21). The van der Waals surface area contributed by atoms with E-state index in [1.165, 1.54) is 5.56 Å². The largest absolute Gasteiger partial charge is 0.444 e. The van der Waals surface area contributed by atoms with Crippen LogP contribution in [0.15, 0.2) is 51.6 Å². The van der Waals surface area contributed by atoms with Gasteiger partial charge in [-0.3, -0.25) is 9.59 Å². The number of rotatable bonds is 6. The van der Waals surface area contributed by atoms with Crippen molar-refractivity contribution in [1.82, 2.24) is 10.6 Å². The second kappa shape index (κ2) is 6.58. The number of amides is 2. The Labute approximate surface area is 142 Å². The zero-order valence-corrected chi connectivity index (χ0v) is 14.1. The van der Waals surface area contributed by atoms with Gasteiger partial charge in [-0.15, -0.1) is 0 Å². The van der Waals surface area contributed by atoms with E-state index in [9.17, 15) is 9.59 Å². The van der Waals surface area contributed by atoms with Crippen molar-refractivity contribution in [1.29, 1.82) is 0 Å². The number of benzene rings is 1. The Morgan fingerprint density at radius 2 is 1.83 bits per heavy atom. The molecular formula is C17H17BrN2O3. The van der Waals surface area contributed by atoms with Crippen molar-refractivity contribution in [2.45, 2.75) is 18.3 Å². The van der Waals surface area contributed by atoms with Crippen molar-refractivity contribution in [2.75, 3.05) is 13.1 Å². The van der Waals surface area contributed by atoms with E-state index in [1.54, 1.807) is 12.1 Å². The highest BCUT2D eigenvalue weighted by Gasteiger charge is 2.44. The van der Waals surface area contributed by atoms with Gasteiger partial charge in [0.25, 0.3) is 5.91 Å². The summed E-state index contributed by atoms with van der Waals surface area (Å²) in [5.41, 5.74) is 1.32. The molecule has 1 fully saturated rings. The lowest BCUT2D eigenvalue weighted by atomic mass is 9.96. The molecule has 0 radical (unpaired) electrons. The number of halogens is 1. The maximum atomic E-state index is 11.9. The van der Waals surface area contributed by atoms with Crippen LogP contribution >= 0.6 is 15.9 Å². The fourth-order valence-corrected chi connectivity index (χ4v) is 2.83. The van der Waals surface area contributed by atoms with E-state index in [-0.39, 0.29) is 23.6 Å². The topological polar surface area (TPSA) is 71.3 Å². The third kappa shape index (κ3) is 3.82. The lowest BCUT2D eigenvalue weighted by Gasteiger charge is -2.16. The summed E-state index contributed by atoms with van der Waals surface area (Å²) in [6.07, 6.45) is 2.15. The summed E-state index contributed by atoms with van der Waals surface area (Å²) in [5, 5.41) is 5.45. The van der Waals surface area contributed by atoms with E-state index in [0.29, 0.717) is 11.2 Å². The molecule has 1 aliphatic rings. The molecule has 5 nitrogen and oxygen atoms in total. The van der Waals surface area contributed by atoms with E-state index >= 15 is 0 Å². The third-order valence-corrected chi connectivity index (χ3v) is 4.50. The van der Waals surface area contributed by atoms with E-state index in [2.05, 4.69) is 38.7 Å². The molecule has 2 aromatic rings. The molecule has 1 aromatic carbocycles. The molecule has 2 amide bonds. The first-order chi connectivity index (χ1) is 11.1. The van der Waals surface area contributed by atoms with Gasteiger partial charge in [-0.05, 0) is 46.5 Å². The molecule has 0 unspecified atom stereocenters. The highest BCUT2D eigenvalue weighted by Crippen LogP contribution is 2.47. The van der Waals surface area contributed by atoms with Crippen molar-refractivity contribution in [2.24, 2.45) is 0 Å². The van der Waals surface area contributed by atoms with Crippen molar-refractivity contribution in [3.05, 3.63) is 58.5 Å². The predicted octanol–water partition coefficient (Wildman–Crippen LogP) is 2.62. The van der Waals surface area contributed by atoms with E-state index in [1.807, 2.05) is 18.2 Å². The van der Waals surface area contributed by atoms with Crippen LogP contribution in [0.5, 0.6) is 0 Å². The van der Waals surface area contributed by atoms with Crippen molar-refractivity contribution < 1.29 is 14.0 Å². The lowest BCUT2D eigenvalue weighted by molar-refractivity contribution is -0.120. The Balaban J connectivity index is 1.46. The molecule has 0 aliphatic heterocycles. The van der Waals surface area contributed by atoms with Crippen molar-refractivity contribution in [3.63, 3.8) is 0 Å². The van der Waals surface area contributed by atoms with E-state index in [0.717, 1.165) is 12.8 Å². The summed E-state index contributed by atoms with van der Waals surface area (Å²) in [7, 11) is 0. The van der Waals surface area contributed by atoms with Crippen LogP contribution < -0.4 is 10.6 Å². The summed E-state index contributed by atoms with van der Waals surface area (Å²) in [4.78, 5) is 23.7. The maximum absolute atomic E-state index is 11.9. The smallest absolute Gasteiger partial charge is 0.287 e. The highest BCUT2D eigenvalue weighted by molar-refractivity contribution is 9.10. The number of hydrogen-bond donors (Lipinski definition) is 2. The van der Waals surface area contributed by atoms with Gasteiger partial charge in [0.05, 0.1) is 6.54 Å². The van der Waals surface area contributed by atoms with Crippen LogP contribution in [-0.4, -0.2) is 24.9 Å². The molecule has 1 aromatic heterocycles. The first-order valence-electron chi connectivity index (χ1n) is 7.45. The Hall–Kier alpha value is -2.08. The molecule has 3 rings (SSSR count). The summed E-state index contributed by atoms with van der Waals surface area (Å²) in [5.74, 6) is -0.436. The molecule has 0 bridgehead atoms. The zero-order valence-electron chi connectivity index (χ0n) is 12.5. The minimum atomic E-state index is -0.407. The molecule has 2 N–H and O–H groups in total. The molecule has 0 saturated heterocycles. The average Bonchev–Trinajstić information content (AvgIpc) is 3.25. The van der Waals surface area contributed by atoms with Crippen LogP contribution in [0.1, 0.15) is 29.0 Å². The summed E-state index contributed by atoms with van der Waals surface area (Å²) in [6.45, 7) is 0.528. The van der Waals surface area contributed by atoms with Gasteiger partial charge >= 0.3 is 0 Å². The molecule has 1 saturated carbocycles. The van der Waals surface area contributed by atoms with Crippen LogP contribution in [-0.2, 0) is 10.2 Å². The van der Waals surface area contributed by atoms with Crippen LogP contribution in [0.25, 0.3) is 0 Å². The first kappa shape index (κ1) is 15.8. The minimum Gasteiger partial charge on any atom is -0.444 e. The van der Waals surface area contributed by atoms with Gasteiger partial charge in [-0.1, -0.05) is 30.3 Å². The second-order valence-electron chi connectivity index (χ2n) is 5.71. The van der Waals surface area contributed by atoms with Crippen LogP contribution in [0, 0.1) is 0 Å². The Morgan fingerprint density at radius 1 is 1.09 bits per heavy atom. The number of hydrogen-bond acceptors (Lipinski definition) is 3. The highest BCUT2D eigenvalue weighted by atomic mass is 79.9. The van der Waals surface area contributed by atoms with Gasteiger partial charge in [0.15, 0.2) is 10.4 Å². The normalized spacial score (nSPS) is 15.0. The molecule has 0 spiro atoms. The van der Waals surface area contributed by atoms with Crippen LogP contribution in [0.2, 0.25) is 0 Å². The van der Waals surface area contributed by atoms with Crippen molar-refractivity contribution >= 4 is 27.7 Å². The van der Waals surface area contributed by atoms with Gasteiger partial charge in [0, 0.05) is 12.0 Å². The van der Waals surface area contributed by atoms with Crippen LogP contribution in [0.4, 0.5) is 0 Å². The lowest BCUT2D eigenvalue weighted by Crippen LogP contribution is -2.40. The average molecular weight is 377 g/mol. The van der Waals surface area contributed by atoms with Crippen LogP contribution in [0.3, 0.4) is 0 Å². The Morgan fingerprint density at radius 3 is 2.43 bits per heavy atom. The van der Waals surface area contributed by atoms with E-state index in [4.69, 9.17) is 4.42 Å². The molecule has 0 atom stereocenters. The maximum Gasteiger partial charge on any atom is 0.287 e. The van der Waals surface area contributed by atoms with Gasteiger partial charge in [-0.2, -0.15) is 0 Å². The fourth-order valence-electron chi connectivity index (χ4n) is 2.52. The first-order valence-corrected chi connectivity index (χ1v) is 8.24. The summed E-state index contributed by atoms with van der Waals surface area (Å²) in [6, 6.07) is 13.4. The molecule has 120 valence electrons. The van der Waals surface area contributed by atoms with Gasteiger partial charge < -0.3 is 15.1 Å². The molecule has 23 heavy (non-hydrogen) atoms. The SMILES string of the molecule is O=C(CNC(=O)c1ccc(Br)o1)NCC1(c2ccccc2)CC1. The number of carbonyl (C=O) groups excluding carboxylic acids is 2. The number of carbonyl (C=O) groups is 2. The monoisotopic (exact) mass is 376 g/mol. The number of furan rings is 1. The molecule has 1 aliphatic carbocycles. The summed E-state index contributed by atoms with van der Waals surface area (Å²) >= 11 is 3.13. The minimum absolute atomic E-state index is 0.0623. The Bertz CT molecular complexity index is 708. The van der Waals surface area contributed by atoms with Gasteiger partial charge in [0.2, 0.25) is 5.91 Å². The quantitative estimate of drug-likeness (QED) is 0.813. The molecule has 6 heteroatoms. The molecular weight excluding hydrogens is 360 g/mol. The molecule has 1 heterocycles. The second-order valence-corrected chi connectivity index (χ2v) is 6.49. The number of nitrogens with one attached hydrogen (secondary N) is 2. The van der Waals surface area contributed by atoms with Gasteiger partial charge in [-0.25, -0.2) is 0 Å². The fraction of sp³-hybridized carbons (Fsp3) is 0.294. The van der Waals surface area contributed by atoms with E-state index < -0.39 is 5.91 Å². The third-order valence-electron chi connectivity index (χ3n) is 4.07. The predicted molar refractivity (Wildman–Crippen MR) is 89.1 cm³/mol. The Kier molecular flexibility index (Phi) is 4.52. The summed E-state index contributed by atoms with van der Waals surface area (Å²) < 4.78 is 5.61.